The van der Waals surface area contributed by atoms with Crippen molar-refractivity contribution in [3.63, 3.8) is 0 Å². The molecule has 0 radical (unpaired) electrons. The van der Waals surface area contributed by atoms with Crippen LogP contribution in [0.4, 0.5) is 0 Å². The first-order chi connectivity index (χ1) is 9.40. The van der Waals surface area contributed by atoms with Crippen LogP contribution < -0.4 is 4.72 Å². The van der Waals surface area contributed by atoms with Gasteiger partial charge in [0.15, 0.2) is 0 Å². The molecule has 2 fully saturated rings. The van der Waals surface area contributed by atoms with Gasteiger partial charge in [-0.1, -0.05) is 0 Å². The van der Waals surface area contributed by atoms with E-state index in [-0.39, 0.29) is 6.54 Å². The molecule has 7 nitrogen and oxygen atoms in total. The molecule has 2 aliphatic rings. The second kappa shape index (κ2) is 6.38. The lowest BCUT2D eigenvalue weighted by Gasteiger charge is -2.32. The van der Waals surface area contributed by atoms with Crippen LogP contribution in [0.25, 0.3) is 0 Å². The molecule has 2 heterocycles. The molecule has 20 heavy (non-hydrogen) atoms. The van der Waals surface area contributed by atoms with Crippen molar-refractivity contribution >= 4 is 16.2 Å². The normalized spacial score (nSPS) is 29.6. The van der Waals surface area contributed by atoms with E-state index in [1.54, 1.807) is 0 Å². The smallest absolute Gasteiger partial charge is 0.322 e. The molecule has 2 unspecified atom stereocenters. The number of nitrogens with one attached hydrogen (secondary N) is 1. The van der Waals surface area contributed by atoms with Crippen molar-refractivity contribution in [3.05, 3.63) is 0 Å². The van der Waals surface area contributed by atoms with Crippen LogP contribution in [0, 0.1) is 5.92 Å². The average molecular weight is 305 g/mol. The van der Waals surface area contributed by atoms with Gasteiger partial charge in [0.1, 0.15) is 6.04 Å². The molecular weight excluding hydrogens is 282 g/mol. The quantitative estimate of drug-likeness (QED) is 0.728. The maximum atomic E-state index is 12.3. The second-order valence-corrected chi connectivity index (χ2v) is 7.44. The van der Waals surface area contributed by atoms with Gasteiger partial charge in [0, 0.05) is 19.6 Å². The van der Waals surface area contributed by atoms with Crippen LogP contribution in [0.1, 0.15) is 25.7 Å². The van der Waals surface area contributed by atoms with Crippen LogP contribution in [-0.2, 0) is 15.0 Å². The Morgan fingerprint density at radius 3 is 2.65 bits per heavy atom. The van der Waals surface area contributed by atoms with Gasteiger partial charge in [-0.3, -0.25) is 4.79 Å². The van der Waals surface area contributed by atoms with Crippen molar-refractivity contribution in [1.82, 2.24) is 13.9 Å². The Balaban J connectivity index is 1.95. The highest BCUT2D eigenvalue weighted by Crippen LogP contribution is 2.20. The van der Waals surface area contributed by atoms with Gasteiger partial charge < -0.3 is 10.0 Å². The third-order valence-corrected chi connectivity index (χ3v) is 5.68. The van der Waals surface area contributed by atoms with Gasteiger partial charge in [-0.25, -0.2) is 4.72 Å². The van der Waals surface area contributed by atoms with Gasteiger partial charge in [0.05, 0.1) is 0 Å². The fraction of sp³-hybridized carbons (Fsp3) is 0.917. The van der Waals surface area contributed by atoms with E-state index in [2.05, 4.69) is 9.62 Å². The number of carbonyl (C=O) groups is 1. The first-order valence-corrected chi connectivity index (χ1v) is 8.52. The largest absolute Gasteiger partial charge is 0.480 e. The summed E-state index contributed by atoms with van der Waals surface area (Å²) < 4.78 is 28.2. The van der Waals surface area contributed by atoms with Crippen molar-refractivity contribution in [1.29, 1.82) is 0 Å². The van der Waals surface area contributed by atoms with Crippen molar-refractivity contribution in [3.8, 4) is 0 Å². The van der Waals surface area contributed by atoms with Crippen molar-refractivity contribution in [2.75, 3.05) is 33.2 Å². The van der Waals surface area contributed by atoms with E-state index in [9.17, 15) is 13.2 Å². The van der Waals surface area contributed by atoms with E-state index in [0.29, 0.717) is 18.9 Å². The summed E-state index contributed by atoms with van der Waals surface area (Å²) in [6.45, 7) is 2.53. The Morgan fingerprint density at radius 1 is 1.30 bits per heavy atom. The van der Waals surface area contributed by atoms with Gasteiger partial charge in [0.2, 0.25) is 0 Å². The minimum atomic E-state index is -3.70. The lowest BCUT2D eigenvalue weighted by Crippen LogP contribution is -2.52. The molecule has 116 valence electrons. The SMILES string of the molecule is CN1CCC(CNS(=O)(=O)N2CCCCC2C(=O)O)C1. The van der Waals surface area contributed by atoms with E-state index < -0.39 is 22.2 Å². The molecule has 2 atom stereocenters. The van der Waals surface area contributed by atoms with Gasteiger partial charge in [0.25, 0.3) is 10.2 Å². The van der Waals surface area contributed by atoms with E-state index >= 15 is 0 Å². The fourth-order valence-corrected chi connectivity index (χ4v) is 4.45. The zero-order valence-corrected chi connectivity index (χ0v) is 12.6. The molecule has 2 rings (SSSR count). The minimum Gasteiger partial charge on any atom is -0.480 e. The molecule has 0 saturated carbocycles. The van der Waals surface area contributed by atoms with Crippen LogP contribution in [-0.4, -0.2) is 68.0 Å². The maximum absolute atomic E-state index is 12.3. The van der Waals surface area contributed by atoms with Crippen LogP contribution in [0.2, 0.25) is 0 Å². The highest BCUT2D eigenvalue weighted by molar-refractivity contribution is 7.87. The molecular formula is C12H23N3O4S. The predicted molar refractivity (Wildman–Crippen MR) is 74.5 cm³/mol. The van der Waals surface area contributed by atoms with Gasteiger partial charge in [-0.15, -0.1) is 0 Å². The zero-order chi connectivity index (χ0) is 14.8. The number of hydrogen-bond donors (Lipinski definition) is 2. The molecule has 0 spiro atoms. The molecule has 8 heteroatoms. The Kier molecular flexibility index (Phi) is 5.00. The number of aliphatic carboxylic acids is 1. The molecule has 0 bridgehead atoms. The number of hydrogen-bond acceptors (Lipinski definition) is 4. The monoisotopic (exact) mass is 305 g/mol. The summed E-state index contributed by atoms with van der Waals surface area (Å²) in [5.74, 6) is -0.751. The first kappa shape index (κ1) is 15.7. The van der Waals surface area contributed by atoms with Crippen molar-refractivity contribution in [2.45, 2.75) is 31.7 Å². The van der Waals surface area contributed by atoms with Crippen molar-refractivity contribution < 1.29 is 18.3 Å². The lowest BCUT2D eigenvalue weighted by molar-refractivity contribution is -0.142. The van der Waals surface area contributed by atoms with Crippen molar-refractivity contribution in [2.24, 2.45) is 5.92 Å². The number of piperidine rings is 1. The topological polar surface area (TPSA) is 90.0 Å². The Morgan fingerprint density at radius 2 is 2.05 bits per heavy atom. The summed E-state index contributed by atoms with van der Waals surface area (Å²) in [4.78, 5) is 13.3. The predicted octanol–water partition coefficient (Wildman–Crippen LogP) is -0.288. The maximum Gasteiger partial charge on any atom is 0.322 e. The summed E-state index contributed by atoms with van der Waals surface area (Å²) in [6.07, 6.45) is 2.84. The number of nitrogens with zero attached hydrogens (tertiary/aromatic N) is 2. The number of likely N-dealkylation sites (tertiary alicyclic amines) is 1. The van der Waals surface area contributed by atoms with E-state index in [1.165, 1.54) is 0 Å². The van der Waals surface area contributed by atoms with Crippen LogP contribution >= 0.6 is 0 Å². The standard InChI is InChI=1S/C12H23N3O4S/c1-14-7-5-10(9-14)8-13-20(18,19)15-6-3-2-4-11(15)12(16)17/h10-11,13H,2-9H2,1H3,(H,16,17). The van der Waals surface area contributed by atoms with Gasteiger partial charge in [-0.05, 0) is 45.2 Å². The summed E-state index contributed by atoms with van der Waals surface area (Å²) in [5.41, 5.74) is 0. The number of rotatable bonds is 5. The summed E-state index contributed by atoms with van der Waals surface area (Å²) in [7, 11) is -1.69. The third-order valence-electron chi connectivity index (χ3n) is 4.09. The Labute approximate surface area is 120 Å². The minimum absolute atomic E-state index is 0.289. The van der Waals surface area contributed by atoms with E-state index in [1.807, 2.05) is 7.05 Å². The molecule has 0 aliphatic carbocycles. The van der Waals surface area contributed by atoms with Crippen LogP contribution in [0.3, 0.4) is 0 Å². The molecule has 2 N–H and O–H groups in total. The Hall–Kier alpha value is -0.700. The highest BCUT2D eigenvalue weighted by atomic mass is 32.2. The van der Waals surface area contributed by atoms with E-state index in [0.717, 1.165) is 36.7 Å². The number of carboxylic acids is 1. The summed E-state index contributed by atoms with van der Waals surface area (Å²) in [6, 6.07) is -0.924. The molecule has 0 amide bonds. The molecule has 0 aromatic rings. The second-order valence-electron chi connectivity index (χ2n) is 5.73. The highest BCUT2D eigenvalue weighted by Gasteiger charge is 2.37. The average Bonchev–Trinajstić information content (AvgIpc) is 2.82. The zero-order valence-electron chi connectivity index (χ0n) is 11.8. The molecule has 2 aliphatic heterocycles. The van der Waals surface area contributed by atoms with Gasteiger partial charge in [-0.2, -0.15) is 12.7 Å². The Bertz CT molecular complexity index is 454. The van der Waals surface area contributed by atoms with E-state index in [4.69, 9.17) is 5.11 Å². The molecule has 0 aromatic heterocycles. The summed E-state index contributed by atoms with van der Waals surface area (Å²) >= 11 is 0. The summed E-state index contributed by atoms with van der Waals surface area (Å²) in [5, 5.41) is 9.15. The first-order valence-electron chi connectivity index (χ1n) is 7.08. The van der Waals surface area contributed by atoms with Crippen LogP contribution in [0.5, 0.6) is 0 Å². The van der Waals surface area contributed by atoms with Crippen LogP contribution in [0.15, 0.2) is 0 Å². The molecule has 2 saturated heterocycles. The van der Waals surface area contributed by atoms with Gasteiger partial charge >= 0.3 is 5.97 Å². The fourth-order valence-electron chi connectivity index (χ4n) is 2.94. The molecule has 0 aromatic carbocycles. The third kappa shape index (κ3) is 3.69. The lowest BCUT2D eigenvalue weighted by atomic mass is 10.1. The number of carboxylic acid groups (broad SMARTS) is 1.